The van der Waals surface area contributed by atoms with E-state index in [0.29, 0.717) is 17.9 Å². The van der Waals surface area contributed by atoms with Gasteiger partial charge in [0.15, 0.2) is 6.29 Å². The molecule has 0 unspecified atom stereocenters. The van der Waals surface area contributed by atoms with Gasteiger partial charge in [-0.2, -0.15) is 0 Å². The second kappa shape index (κ2) is 6.57. The standard InChI is InChI=1S/C16H15BrO3/c1-11-4-3-5-12(9-18)16(11)20-10-13-8-14(19-2)6-7-15(13)17/h3-9H,10H2,1-2H3. The van der Waals surface area contributed by atoms with Crippen molar-refractivity contribution in [2.24, 2.45) is 0 Å². The summed E-state index contributed by atoms with van der Waals surface area (Å²) in [5.41, 5.74) is 2.46. The monoisotopic (exact) mass is 334 g/mol. The summed E-state index contributed by atoms with van der Waals surface area (Å²) in [4.78, 5) is 11.0. The fraction of sp³-hybridized carbons (Fsp3) is 0.188. The first-order valence-corrected chi connectivity index (χ1v) is 6.95. The third-order valence-electron chi connectivity index (χ3n) is 2.99. The van der Waals surface area contributed by atoms with Crippen molar-refractivity contribution in [3.63, 3.8) is 0 Å². The van der Waals surface area contributed by atoms with Crippen molar-refractivity contribution < 1.29 is 14.3 Å². The second-order valence-electron chi connectivity index (χ2n) is 4.36. The molecule has 0 bridgehead atoms. The molecule has 2 aromatic rings. The Morgan fingerprint density at radius 2 is 2.05 bits per heavy atom. The minimum atomic E-state index is 0.365. The zero-order chi connectivity index (χ0) is 14.5. The first-order chi connectivity index (χ1) is 9.65. The Bertz CT molecular complexity index is 623. The molecule has 0 saturated heterocycles. The van der Waals surface area contributed by atoms with E-state index in [9.17, 15) is 4.79 Å². The van der Waals surface area contributed by atoms with Crippen LogP contribution in [0.5, 0.6) is 11.5 Å². The van der Waals surface area contributed by atoms with Crippen LogP contribution in [0.25, 0.3) is 0 Å². The molecule has 0 fully saturated rings. The lowest BCUT2D eigenvalue weighted by Gasteiger charge is -2.13. The van der Waals surface area contributed by atoms with Crippen molar-refractivity contribution >= 4 is 22.2 Å². The molecule has 0 aliphatic carbocycles. The summed E-state index contributed by atoms with van der Waals surface area (Å²) in [5, 5.41) is 0. The number of halogens is 1. The summed E-state index contributed by atoms with van der Waals surface area (Å²) in [6.07, 6.45) is 0.808. The summed E-state index contributed by atoms with van der Waals surface area (Å²) in [6, 6.07) is 11.2. The molecule has 0 radical (unpaired) electrons. The molecule has 0 aromatic heterocycles. The summed E-state index contributed by atoms with van der Waals surface area (Å²) < 4.78 is 12.0. The highest BCUT2D eigenvalue weighted by molar-refractivity contribution is 9.10. The van der Waals surface area contributed by atoms with Gasteiger partial charge >= 0.3 is 0 Å². The largest absolute Gasteiger partial charge is 0.497 e. The zero-order valence-corrected chi connectivity index (χ0v) is 12.9. The van der Waals surface area contributed by atoms with E-state index in [1.54, 1.807) is 13.2 Å². The third kappa shape index (κ3) is 3.20. The molecular formula is C16H15BrO3. The Morgan fingerprint density at radius 1 is 1.25 bits per heavy atom. The number of methoxy groups -OCH3 is 1. The van der Waals surface area contributed by atoms with Crippen molar-refractivity contribution in [2.45, 2.75) is 13.5 Å². The minimum absolute atomic E-state index is 0.365. The number of para-hydroxylation sites is 1. The Morgan fingerprint density at radius 3 is 2.75 bits per heavy atom. The maximum absolute atomic E-state index is 11.0. The normalized spacial score (nSPS) is 10.2. The highest BCUT2D eigenvalue weighted by Gasteiger charge is 2.08. The van der Waals surface area contributed by atoms with Gasteiger partial charge in [-0.1, -0.05) is 28.1 Å². The topological polar surface area (TPSA) is 35.5 Å². The molecule has 0 aliphatic heterocycles. The molecule has 0 atom stereocenters. The van der Waals surface area contributed by atoms with Crippen molar-refractivity contribution in [3.05, 3.63) is 57.6 Å². The van der Waals surface area contributed by atoms with Gasteiger partial charge in [-0.05, 0) is 36.8 Å². The van der Waals surface area contributed by atoms with E-state index in [1.807, 2.05) is 37.3 Å². The van der Waals surface area contributed by atoms with Crippen LogP contribution in [0.2, 0.25) is 0 Å². The van der Waals surface area contributed by atoms with Crippen molar-refractivity contribution in [1.29, 1.82) is 0 Å². The molecule has 0 heterocycles. The summed E-state index contributed by atoms with van der Waals surface area (Å²) in [6.45, 7) is 2.28. The predicted octanol–water partition coefficient (Wildman–Crippen LogP) is 4.16. The molecule has 20 heavy (non-hydrogen) atoms. The molecule has 0 aliphatic rings. The fourth-order valence-corrected chi connectivity index (χ4v) is 2.26. The van der Waals surface area contributed by atoms with Gasteiger partial charge in [0.25, 0.3) is 0 Å². The van der Waals surface area contributed by atoms with E-state index < -0.39 is 0 Å². The van der Waals surface area contributed by atoms with Crippen LogP contribution in [0.1, 0.15) is 21.5 Å². The summed E-state index contributed by atoms with van der Waals surface area (Å²) in [7, 11) is 1.62. The molecule has 0 saturated carbocycles. The number of carbonyl (C=O) groups excluding carboxylic acids is 1. The highest BCUT2D eigenvalue weighted by atomic mass is 79.9. The second-order valence-corrected chi connectivity index (χ2v) is 5.21. The first kappa shape index (κ1) is 14.6. The predicted molar refractivity (Wildman–Crippen MR) is 81.6 cm³/mol. The first-order valence-electron chi connectivity index (χ1n) is 6.15. The number of aryl methyl sites for hydroxylation is 1. The van der Waals surface area contributed by atoms with Crippen molar-refractivity contribution in [1.82, 2.24) is 0 Å². The number of ether oxygens (including phenoxy) is 2. The van der Waals surface area contributed by atoms with Crippen LogP contribution in [0.15, 0.2) is 40.9 Å². The number of aldehydes is 1. The summed E-state index contributed by atoms with van der Waals surface area (Å²) in [5.74, 6) is 1.39. The highest BCUT2D eigenvalue weighted by Crippen LogP contribution is 2.27. The Hall–Kier alpha value is -1.81. The Kier molecular flexibility index (Phi) is 4.79. The molecule has 104 valence electrons. The van der Waals surface area contributed by atoms with E-state index in [0.717, 1.165) is 27.6 Å². The van der Waals surface area contributed by atoms with Gasteiger partial charge in [0.1, 0.15) is 18.1 Å². The van der Waals surface area contributed by atoms with E-state index >= 15 is 0 Å². The van der Waals surface area contributed by atoms with Crippen LogP contribution in [0, 0.1) is 6.92 Å². The maximum Gasteiger partial charge on any atom is 0.153 e. The average molecular weight is 335 g/mol. The number of benzene rings is 2. The Labute approximate surface area is 126 Å². The van der Waals surface area contributed by atoms with Crippen LogP contribution in [0.3, 0.4) is 0 Å². The van der Waals surface area contributed by atoms with Gasteiger partial charge in [0.2, 0.25) is 0 Å². The molecular weight excluding hydrogens is 320 g/mol. The van der Waals surface area contributed by atoms with E-state index in [1.165, 1.54) is 0 Å². The van der Waals surface area contributed by atoms with Gasteiger partial charge < -0.3 is 9.47 Å². The Balaban J connectivity index is 2.23. The minimum Gasteiger partial charge on any atom is -0.497 e. The lowest BCUT2D eigenvalue weighted by atomic mass is 10.1. The fourth-order valence-electron chi connectivity index (χ4n) is 1.90. The number of rotatable bonds is 5. The van der Waals surface area contributed by atoms with Gasteiger partial charge in [0, 0.05) is 10.0 Å². The van der Waals surface area contributed by atoms with Gasteiger partial charge in [-0.25, -0.2) is 0 Å². The third-order valence-corrected chi connectivity index (χ3v) is 3.77. The lowest BCUT2D eigenvalue weighted by Crippen LogP contribution is -2.01. The molecule has 2 aromatic carbocycles. The van der Waals surface area contributed by atoms with Crippen molar-refractivity contribution in [3.8, 4) is 11.5 Å². The van der Waals surface area contributed by atoms with Crippen LogP contribution in [-0.4, -0.2) is 13.4 Å². The van der Waals surface area contributed by atoms with E-state index in [-0.39, 0.29) is 0 Å². The smallest absolute Gasteiger partial charge is 0.153 e. The SMILES string of the molecule is COc1ccc(Br)c(COc2c(C)cccc2C=O)c1. The van der Waals surface area contributed by atoms with Crippen LogP contribution in [-0.2, 0) is 6.61 Å². The van der Waals surface area contributed by atoms with Gasteiger partial charge in [-0.3, -0.25) is 4.79 Å². The van der Waals surface area contributed by atoms with Crippen LogP contribution >= 0.6 is 15.9 Å². The quantitative estimate of drug-likeness (QED) is 0.770. The van der Waals surface area contributed by atoms with Crippen molar-refractivity contribution in [2.75, 3.05) is 7.11 Å². The molecule has 0 amide bonds. The molecule has 2 rings (SSSR count). The maximum atomic E-state index is 11.0. The lowest BCUT2D eigenvalue weighted by molar-refractivity contribution is 0.111. The molecule has 4 heteroatoms. The zero-order valence-electron chi connectivity index (χ0n) is 11.4. The number of carbonyl (C=O) groups is 1. The van der Waals surface area contributed by atoms with Crippen LogP contribution < -0.4 is 9.47 Å². The van der Waals surface area contributed by atoms with Crippen LogP contribution in [0.4, 0.5) is 0 Å². The number of hydrogen-bond donors (Lipinski definition) is 0. The summed E-state index contributed by atoms with van der Waals surface area (Å²) >= 11 is 3.48. The van der Waals surface area contributed by atoms with E-state index in [2.05, 4.69) is 15.9 Å². The molecule has 3 nitrogen and oxygen atoms in total. The average Bonchev–Trinajstić information content (AvgIpc) is 2.47. The van der Waals surface area contributed by atoms with E-state index in [4.69, 9.17) is 9.47 Å². The molecule has 0 spiro atoms. The van der Waals surface area contributed by atoms with Gasteiger partial charge in [-0.15, -0.1) is 0 Å². The molecule has 0 N–H and O–H groups in total. The van der Waals surface area contributed by atoms with Gasteiger partial charge in [0.05, 0.1) is 12.7 Å². The number of hydrogen-bond acceptors (Lipinski definition) is 3.